The quantitative estimate of drug-likeness (QED) is 0.686. The number of aliphatic hydroxyl groups excluding tert-OH is 1. The summed E-state index contributed by atoms with van der Waals surface area (Å²) in [7, 11) is 0. The van der Waals surface area contributed by atoms with E-state index in [-0.39, 0.29) is 6.10 Å². The molecule has 0 fully saturated rings. The van der Waals surface area contributed by atoms with Gasteiger partial charge in [-0.05, 0) is 41.0 Å². The molecular weight excluding hydrogens is 300 g/mol. The minimum absolute atomic E-state index is 0.329. The summed E-state index contributed by atoms with van der Waals surface area (Å²) in [6.45, 7) is 2.21. The van der Waals surface area contributed by atoms with E-state index in [2.05, 4.69) is 47.1 Å². The molecule has 0 bridgehead atoms. The minimum Gasteiger partial charge on any atom is -0.388 e. The van der Waals surface area contributed by atoms with Gasteiger partial charge in [0.05, 0.1) is 6.10 Å². The summed E-state index contributed by atoms with van der Waals surface area (Å²) in [4.78, 5) is 0. The van der Waals surface area contributed by atoms with E-state index in [1.807, 2.05) is 12.1 Å². The predicted octanol–water partition coefficient (Wildman–Crippen LogP) is 5.61. The van der Waals surface area contributed by atoms with E-state index in [0.717, 1.165) is 22.9 Å². The first-order valence-corrected chi connectivity index (χ1v) is 7.87. The SMILES string of the molecule is CCCCCCC(O)c1ccc2cc(Br)ccc2c1. The van der Waals surface area contributed by atoms with Crippen LogP contribution in [0.2, 0.25) is 0 Å². The highest BCUT2D eigenvalue weighted by atomic mass is 79.9. The van der Waals surface area contributed by atoms with Gasteiger partial charge in [-0.15, -0.1) is 0 Å². The maximum Gasteiger partial charge on any atom is 0.0790 e. The summed E-state index contributed by atoms with van der Waals surface area (Å²) in [5.74, 6) is 0. The summed E-state index contributed by atoms with van der Waals surface area (Å²) in [6.07, 6.45) is 5.35. The lowest BCUT2D eigenvalue weighted by Crippen LogP contribution is -1.97. The van der Waals surface area contributed by atoms with Crippen molar-refractivity contribution < 1.29 is 5.11 Å². The van der Waals surface area contributed by atoms with Crippen molar-refractivity contribution in [3.05, 3.63) is 46.4 Å². The number of hydrogen-bond donors (Lipinski definition) is 1. The Hall–Kier alpha value is -0.860. The third-order valence-corrected chi connectivity index (χ3v) is 4.04. The van der Waals surface area contributed by atoms with Crippen LogP contribution in [0.15, 0.2) is 40.9 Å². The number of halogens is 1. The molecular formula is C17H21BrO. The zero-order valence-corrected chi connectivity index (χ0v) is 13.0. The standard InChI is InChI=1S/C17H21BrO/c1-2-3-4-5-6-17(19)15-8-7-14-12-16(18)10-9-13(14)11-15/h7-12,17,19H,2-6H2,1H3. The van der Waals surface area contributed by atoms with Crippen molar-refractivity contribution >= 4 is 26.7 Å². The Morgan fingerprint density at radius 1 is 1.00 bits per heavy atom. The number of fused-ring (bicyclic) bond motifs is 1. The summed E-state index contributed by atoms with van der Waals surface area (Å²) < 4.78 is 1.09. The molecule has 0 spiro atoms. The average Bonchev–Trinajstić information content (AvgIpc) is 2.42. The van der Waals surface area contributed by atoms with Crippen molar-refractivity contribution in [1.29, 1.82) is 0 Å². The van der Waals surface area contributed by atoms with Gasteiger partial charge in [0.15, 0.2) is 0 Å². The molecule has 0 saturated carbocycles. The average molecular weight is 321 g/mol. The molecule has 0 aliphatic carbocycles. The zero-order chi connectivity index (χ0) is 13.7. The van der Waals surface area contributed by atoms with Crippen LogP contribution in [0.1, 0.15) is 50.7 Å². The van der Waals surface area contributed by atoms with Gasteiger partial charge in [0.1, 0.15) is 0 Å². The fraction of sp³-hybridized carbons (Fsp3) is 0.412. The topological polar surface area (TPSA) is 20.2 Å². The monoisotopic (exact) mass is 320 g/mol. The largest absolute Gasteiger partial charge is 0.388 e. The molecule has 0 heterocycles. The molecule has 19 heavy (non-hydrogen) atoms. The molecule has 0 saturated heterocycles. The molecule has 2 aromatic carbocycles. The van der Waals surface area contributed by atoms with Crippen LogP contribution in [0, 0.1) is 0 Å². The molecule has 0 radical (unpaired) electrons. The van der Waals surface area contributed by atoms with Gasteiger partial charge in [-0.25, -0.2) is 0 Å². The van der Waals surface area contributed by atoms with E-state index < -0.39 is 0 Å². The lowest BCUT2D eigenvalue weighted by atomic mass is 9.99. The third-order valence-electron chi connectivity index (χ3n) is 3.54. The molecule has 1 unspecified atom stereocenters. The molecule has 1 N–H and O–H groups in total. The maximum atomic E-state index is 10.2. The summed E-state index contributed by atoms with van der Waals surface area (Å²) >= 11 is 3.48. The van der Waals surface area contributed by atoms with Gasteiger partial charge in [-0.3, -0.25) is 0 Å². The Labute approximate surface area is 123 Å². The van der Waals surface area contributed by atoms with Crippen LogP contribution < -0.4 is 0 Å². The van der Waals surface area contributed by atoms with Crippen LogP contribution in [0.4, 0.5) is 0 Å². The highest BCUT2D eigenvalue weighted by molar-refractivity contribution is 9.10. The number of unbranched alkanes of at least 4 members (excludes halogenated alkanes) is 3. The van der Waals surface area contributed by atoms with Crippen LogP contribution in [-0.2, 0) is 0 Å². The normalized spacial score (nSPS) is 12.8. The van der Waals surface area contributed by atoms with Gasteiger partial charge in [-0.2, -0.15) is 0 Å². The predicted molar refractivity (Wildman–Crippen MR) is 85.4 cm³/mol. The van der Waals surface area contributed by atoms with Crippen LogP contribution in [0.3, 0.4) is 0 Å². The number of rotatable bonds is 6. The van der Waals surface area contributed by atoms with E-state index in [9.17, 15) is 5.11 Å². The van der Waals surface area contributed by atoms with Crippen molar-refractivity contribution in [3.8, 4) is 0 Å². The van der Waals surface area contributed by atoms with Crippen LogP contribution in [0.5, 0.6) is 0 Å². The first-order valence-electron chi connectivity index (χ1n) is 7.08. The van der Waals surface area contributed by atoms with Gasteiger partial charge in [0.2, 0.25) is 0 Å². The number of benzene rings is 2. The summed E-state index contributed by atoms with van der Waals surface area (Å²) in [5.41, 5.74) is 1.03. The molecule has 1 atom stereocenters. The molecule has 0 aromatic heterocycles. The second-order valence-electron chi connectivity index (χ2n) is 5.12. The first-order chi connectivity index (χ1) is 9.20. The Morgan fingerprint density at radius 3 is 2.53 bits per heavy atom. The zero-order valence-electron chi connectivity index (χ0n) is 11.4. The van der Waals surface area contributed by atoms with Crippen molar-refractivity contribution in [1.82, 2.24) is 0 Å². The smallest absolute Gasteiger partial charge is 0.0790 e. The van der Waals surface area contributed by atoms with Crippen LogP contribution in [0.25, 0.3) is 10.8 Å². The lowest BCUT2D eigenvalue weighted by molar-refractivity contribution is 0.163. The molecule has 0 aliphatic heterocycles. The molecule has 0 amide bonds. The molecule has 1 nitrogen and oxygen atoms in total. The molecule has 2 rings (SSSR count). The van der Waals surface area contributed by atoms with E-state index in [0.29, 0.717) is 0 Å². The summed E-state index contributed by atoms with van der Waals surface area (Å²) in [6, 6.07) is 12.5. The van der Waals surface area contributed by atoms with Crippen molar-refractivity contribution in [2.24, 2.45) is 0 Å². The summed E-state index contributed by atoms with van der Waals surface area (Å²) in [5, 5.41) is 12.6. The van der Waals surface area contributed by atoms with E-state index in [1.165, 1.54) is 30.0 Å². The van der Waals surface area contributed by atoms with E-state index in [4.69, 9.17) is 0 Å². The fourth-order valence-electron chi connectivity index (χ4n) is 2.37. The van der Waals surface area contributed by atoms with Crippen molar-refractivity contribution in [2.75, 3.05) is 0 Å². The maximum absolute atomic E-state index is 10.2. The van der Waals surface area contributed by atoms with E-state index in [1.54, 1.807) is 0 Å². The number of aliphatic hydroxyl groups is 1. The van der Waals surface area contributed by atoms with Crippen molar-refractivity contribution in [3.63, 3.8) is 0 Å². The lowest BCUT2D eigenvalue weighted by Gasteiger charge is -2.12. The highest BCUT2D eigenvalue weighted by Crippen LogP contribution is 2.26. The molecule has 102 valence electrons. The Bertz CT molecular complexity index is 536. The number of hydrogen-bond acceptors (Lipinski definition) is 1. The van der Waals surface area contributed by atoms with Gasteiger partial charge in [-0.1, -0.05) is 66.7 Å². The fourth-order valence-corrected chi connectivity index (χ4v) is 2.75. The second-order valence-corrected chi connectivity index (χ2v) is 6.03. The second kappa shape index (κ2) is 7.06. The van der Waals surface area contributed by atoms with Gasteiger partial charge in [0, 0.05) is 4.47 Å². The Balaban J connectivity index is 2.05. The van der Waals surface area contributed by atoms with Gasteiger partial charge in [0.25, 0.3) is 0 Å². The van der Waals surface area contributed by atoms with Crippen LogP contribution in [-0.4, -0.2) is 5.11 Å². The van der Waals surface area contributed by atoms with Gasteiger partial charge < -0.3 is 5.11 Å². The van der Waals surface area contributed by atoms with E-state index >= 15 is 0 Å². The van der Waals surface area contributed by atoms with Crippen LogP contribution >= 0.6 is 15.9 Å². The third kappa shape index (κ3) is 4.05. The molecule has 0 aliphatic rings. The first kappa shape index (κ1) is 14.5. The highest BCUT2D eigenvalue weighted by Gasteiger charge is 2.07. The van der Waals surface area contributed by atoms with Gasteiger partial charge >= 0.3 is 0 Å². The molecule has 2 heteroatoms. The minimum atomic E-state index is -0.329. The Kier molecular flexibility index (Phi) is 5.41. The van der Waals surface area contributed by atoms with Crippen molar-refractivity contribution in [2.45, 2.75) is 45.1 Å². The Morgan fingerprint density at radius 2 is 1.74 bits per heavy atom. The molecule has 2 aromatic rings.